The second-order valence-corrected chi connectivity index (χ2v) is 6.37. The van der Waals surface area contributed by atoms with Crippen LogP contribution in [0.1, 0.15) is 30.9 Å². The molecule has 4 nitrogen and oxygen atoms in total. The Labute approximate surface area is 142 Å². The summed E-state index contributed by atoms with van der Waals surface area (Å²) in [5, 5.41) is 30.7. The second kappa shape index (κ2) is 6.57. The predicted molar refractivity (Wildman–Crippen MR) is 94.5 cm³/mol. The second-order valence-electron chi connectivity index (χ2n) is 6.37. The van der Waals surface area contributed by atoms with E-state index >= 15 is 0 Å². The topological polar surface area (TPSA) is 63.9 Å². The van der Waals surface area contributed by atoms with Gasteiger partial charge in [-0.1, -0.05) is 30.3 Å². The Morgan fingerprint density at radius 3 is 2.12 bits per heavy atom. The Hall–Kier alpha value is -2.46. The Morgan fingerprint density at radius 2 is 1.54 bits per heavy atom. The fourth-order valence-electron chi connectivity index (χ4n) is 3.23. The van der Waals surface area contributed by atoms with Crippen LogP contribution in [0.5, 0.6) is 5.75 Å². The van der Waals surface area contributed by atoms with E-state index in [1.807, 2.05) is 37.3 Å². The van der Waals surface area contributed by atoms with E-state index < -0.39 is 5.60 Å². The van der Waals surface area contributed by atoms with Crippen LogP contribution < -0.4 is 0 Å². The van der Waals surface area contributed by atoms with Crippen LogP contribution in [0.4, 0.5) is 0 Å². The van der Waals surface area contributed by atoms with Crippen molar-refractivity contribution < 1.29 is 15.3 Å². The maximum absolute atomic E-state index is 10.9. The molecule has 1 aliphatic rings. The number of aliphatic hydroxyl groups excluding tert-OH is 1. The zero-order valence-electron chi connectivity index (χ0n) is 13.8. The lowest BCUT2D eigenvalue weighted by molar-refractivity contribution is -0.0187. The summed E-state index contributed by atoms with van der Waals surface area (Å²) in [7, 11) is 0. The Kier molecular flexibility index (Phi) is 4.49. The van der Waals surface area contributed by atoms with E-state index in [2.05, 4.69) is 4.90 Å². The lowest BCUT2D eigenvalue weighted by atomic mass is 9.84. The van der Waals surface area contributed by atoms with Gasteiger partial charge in [0.2, 0.25) is 0 Å². The van der Waals surface area contributed by atoms with E-state index in [9.17, 15) is 15.3 Å². The number of phenols is 1. The van der Waals surface area contributed by atoms with Crippen LogP contribution >= 0.6 is 0 Å². The molecule has 3 rings (SSSR count). The third-order valence-corrected chi connectivity index (χ3v) is 4.86. The fourth-order valence-corrected chi connectivity index (χ4v) is 3.23. The quantitative estimate of drug-likeness (QED) is 0.754. The van der Waals surface area contributed by atoms with Gasteiger partial charge in [0.05, 0.1) is 11.3 Å². The number of hydrogen-bond donors (Lipinski definition) is 3. The molecule has 1 fully saturated rings. The van der Waals surface area contributed by atoms with Crippen LogP contribution in [0.25, 0.3) is 5.76 Å². The van der Waals surface area contributed by atoms with Crippen LogP contribution in [-0.4, -0.2) is 33.3 Å². The smallest absolute Gasteiger partial charge is 0.141 e. The Morgan fingerprint density at radius 1 is 0.958 bits per heavy atom. The first-order valence-corrected chi connectivity index (χ1v) is 8.22. The molecule has 24 heavy (non-hydrogen) atoms. The molecule has 0 radical (unpaired) electrons. The number of phenolic OH excluding ortho intramolecular Hbond substituents is 1. The van der Waals surface area contributed by atoms with E-state index in [0.717, 1.165) is 11.3 Å². The molecule has 2 aromatic rings. The molecule has 2 aromatic carbocycles. The lowest BCUT2D eigenvalue weighted by Crippen LogP contribution is -2.41. The minimum absolute atomic E-state index is 0.176. The summed E-state index contributed by atoms with van der Waals surface area (Å²) in [6.45, 7) is 3.24. The van der Waals surface area contributed by atoms with Crippen LogP contribution in [0.2, 0.25) is 0 Å². The number of aromatic hydroxyl groups is 1. The summed E-state index contributed by atoms with van der Waals surface area (Å²) < 4.78 is 0. The van der Waals surface area contributed by atoms with Crippen molar-refractivity contribution in [3.63, 3.8) is 0 Å². The summed E-state index contributed by atoms with van der Waals surface area (Å²) in [5.74, 6) is 0.384. The van der Waals surface area contributed by atoms with Crippen molar-refractivity contribution in [2.24, 2.45) is 0 Å². The first-order chi connectivity index (χ1) is 11.5. The molecule has 0 spiro atoms. The molecule has 1 aliphatic heterocycles. The van der Waals surface area contributed by atoms with Crippen molar-refractivity contribution in [2.45, 2.75) is 25.4 Å². The van der Waals surface area contributed by atoms with Crippen molar-refractivity contribution in [1.29, 1.82) is 0 Å². The van der Waals surface area contributed by atoms with Crippen molar-refractivity contribution in [1.82, 2.24) is 4.90 Å². The maximum Gasteiger partial charge on any atom is 0.141 e. The zero-order valence-corrected chi connectivity index (χ0v) is 13.8. The first-order valence-electron chi connectivity index (χ1n) is 8.22. The normalized spacial score (nSPS) is 18.2. The standard InChI is InChI=1S/C20H23NO3/c1-15(19(23)16-7-9-18(22)10-8-16)21-13-11-20(24,12-14-21)17-5-3-2-4-6-17/h2-10,22-24H,11-14H2,1H3. The van der Waals surface area contributed by atoms with E-state index in [0.29, 0.717) is 31.5 Å². The average molecular weight is 325 g/mol. The molecule has 0 saturated carbocycles. The highest BCUT2D eigenvalue weighted by atomic mass is 16.3. The first kappa shape index (κ1) is 16.4. The average Bonchev–Trinajstić information content (AvgIpc) is 2.62. The fraction of sp³-hybridized carbons (Fsp3) is 0.300. The summed E-state index contributed by atoms with van der Waals surface area (Å²) in [4.78, 5) is 2.10. The van der Waals surface area contributed by atoms with Gasteiger partial charge < -0.3 is 20.2 Å². The van der Waals surface area contributed by atoms with Crippen molar-refractivity contribution in [3.05, 3.63) is 71.4 Å². The van der Waals surface area contributed by atoms with Crippen molar-refractivity contribution >= 4 is 5.76 Å². The summed E-state index contributed by atoms with van der Waals surface area (Å²) in [6.07, 6.45) is 1.24. The third-order valence-electron chi connectivity index (χ3n) is 4.86. The molecule has 0 bridgehead atoms. The molecule has 1 saturated heterocycles. The molecule has 4 heteroatoms. The third kappa shape index (κ3) is 3.24. The SMILES string of the molecule is CC(=C(O)c1ccc(O)cc1)N1CCC(O)(c2ccccc2)CC1. The van der Waals surface area contributed by atoms with Crippen LogP contribution in [0.15, 0.2) is 60.3 Å². The van der Waals surface area contributed by atoms with Gasteiger partial charge >= 0.3 is 0 Å². The van der Waals surface area contributed by atoms with Gasteiger partial charge in [-0.05, 0) is 49.6 Å². The van der Waals surface area contributed by atoms with Crippen LogP contribution in [-0.2, 0) is 5.60 Å². The summed E-state index contributed by atoms with van der Waals surface area (Å²) in [6, 6.07) is 16.3. The zero-order chi connectivity index (χ0) is 17.2. The van der Waals surface area contributed by atoms with E-state index in [1.54, 1.807) is 24.3 Å². The number of piperidine rings is 1. The number of likely N-dealkylation sites (tertiary alicyclic amines) is 1. The predicted octanol–water partition coefficient (Wildman–Crippen LogP) is 3.62. The minimum Gasteiger partial charge on any atom is -0.508 e. The monoisotopic (exact) mass is 325 g/mol. The van der Waals surface area contributed by atoms with Crippen LogP contribution in [0, 0.1) is 0 Å². The maximum atomic E-state index is 10.9. The number of nitrogens with zero attached hydrogens (tertiary/aromatic N) is 1. The molecular weight excluding hydrogens is 302 g/mol. The minimum atomic E-state index is -0.799. The van der Waals surface area contributed by atoms with Crippen LogP contribution in [0.3, 0.4) is 0 Å². The molecule has 126 valence electrons. The number of benzene rings is 2. The number of rotatable bonds is 3. The molecule has 0 atom stereocenters. The summed E-state index contributed by atoms with van der Waals surface area (Å²) >= 11 is 0. The van der Waals surface area contributed by atoms with Gasteiger partial charge in [0.1, 0.15) is 11.5 Å². The molecule has 3 N–H and O–H groups in total. The highest BCUT2D eigenvalue weighted by Crippen LogP contribution is 2.34. The van der Waals surface area contributed by atoms with E-state index in [4.69, 9.17) is 0 Å². The van der Waals surface area contributed by atoms with Crippen molar-refractivity contribution in [3.8, 4) is 5.75 Å². The molecule has 0 aromatic heterocycles. The highest BCUT2D eigenvalue weighted by Gasteiger charge is 2.34. The number of hydrogen-bond acceptors (Lipinski definition) is 4. The molecule has 1 heterocycles. The molecular formula is C20H23NO3. The molecule has 0 amide bonds. The van der Waals surface area contributed by atoms with Gasteiger partial charge in [-0.3, -0.25) is 0 Å². The van der Waals surface area contributed by atoms with Gasteiger partial charge in [0, 0.05) is 18.7 Å². The lowest BCUT2D eigenvalue weighted by Gasteiger charge is -2.40. The van der Waals surface area contributed by atoms with Gasteiger partial charge in [0.15, 0.2) is 0 Å². The molecule has 0 unspecified atom stereocenters. The highest BCUT2D eigenvalue weighted by molar-refractivity contribution is 5.61. The van der Waals surface area contributed by atoms with Gasteiger partial charge in [0.25, 0.3) is 0 Å². The Bertz CT molecular complexity index is 714. The number of allylic oxidation sites excluding steroid dienone is 1. The van der Waals surface area contributed by atoms with Crippen molar-refractivity contribution in [2.75, 3.05) is 13.1 Å². The van der Waals surface area contributed by atoms with Gasteiger partial charge in [-0.25, -0.2) is 0 Å². The van der Waals surface area contributed by atoms with E-state index in [-0.39, 0.29) is 11.5 Å². The van der Waals surface area contributed by atoms with Gasteiger partial charge in [-0.2, -0.15) is 0 Å². The summed E-state index contributed by atoms with van der Waals surface area (Å²) in [5.41, 5.74) is 1.62. The largest absolute Gasteiger partial charge is 0.508 e. The molecule has 0 aliphatic carbocycles. The van der Waals surface area contributed by atoms with E-state index in [1.165, 1.54) is 0 Å². The number of aliphatic hydroxyl groups is 2. The van der Waals surface area contributed by atoms with Gasteiger partial charge in [-0.15, -0.1) is 0 Å². The Balaban J connectivity index is 1.74.